The largest absolute Gasteiger partial charge is 0.462 e. The molecular weight excluding hydrogens is 332 g/mol. The van der Waals surface area contributed by atoms with E-state index >= 15 is 0 Å². The third kappa shape index (κ3) is 4.95. The van der Waals surface area contributed by atoms with Crippen molar-refractivity contribution < 1.29 is 23.9 Å². The third-order valence-corrected chi connectivity index (χ3v) is 3.90. The average molecular weight is 352 g/mol. The maximum Gasteiger partial charge on any atom is 0.341 e. The summed E-state index contributed by atoms with van der Waals surface area (Å²) in [5.74, 6) is -1.68. The predicted molar refractivity (Wildman–Crippen MR) is 91.8 cm³/mol. The highest BCUT2D eigenvalue weighted by Crippen LogP contribution is 2.32. The molecule has 1 aromatic heterocycles. The van der Waals surface area contributed by atoms with Crippen LogP contribution in [0.4, 0.5) is 5.00 Å². The van der Waals surface area contributed by atoms with Gasteiger partial charge in [0, 0.05) is 18.7 Å². The molecule has 0 saturated heterocycles. The van der Waals surface area contributed by atoms with Crippen molar-refractivity contribution in [2.75, 3.05) is 19.4 Å². The molecule has 1 amide bonds. The second-order valence-electron chi connectivity index (χ2n) is 4.44. The van der Waals surface area contributed by atoms with Crippen LogP contribution in [0, 0.1) is 0 Å². The zero-order chi connectivity index (χ0) is 18.1. The van der Waals surface area contributed by atoms with E-state index in [9.17, 15) is 14.4 Å². The van der Waals surface area contributed by atoms with Crippen LogP contribution >= 0.6 is 11.3 Å². The summed E-state index contributed by atoms with van der Waals surface area (Å²) in [4.78, 5) is 35.9. The number of ether oxygens (including phenoxy) is 2. The monoisotopic (exact) mass is 352 g/mol. The minimum Gasteiger partial charge on any atom is -0.462 e. The Bertz CT molecular complexity index is 676. The number of hydrogen-bond acceptors (Lipinski definition) is 7. The molecule has 24 heavy (non-hydrogen) atoms. The van der Waals surface area contributed by atoms with Gasteiger partial charge < -0.3 is 20.5 Å². The molecule has 0 atom stereocenters. The zero-order valence-electron chi connectivity index (χ0n) is 13.8. The molecule has 0 aromatic carbocycles. The number of esters is 2. The van der Waals surface area contributed by atoms with Crippen LogP contribution in [0.15, 0.2) is 24.3 Å². The highest BCUT2D eigenvalue weighted by Gasteiger charge is 2.27. The fraction of sp³-hybridized carbons (Fsp3) is 0.312. The Hall–Kier alpha value is -2.61. The molecule has 1 heterocycles. The summed E-state index contributed by atoms with van der Waals surface area (Å²) < 4.78 is 10.1. The van der Waals surface area contributed by atoms with Gasteiger partial charge in [-0.15, -0.1) is 11.3 Å². The molecule has 8 heteroatoms. The van der Waals surface area contributed by atoms with Gasteiger partial charge in [-0.2, -0.15) is 0 Å². The van der Waals surface area contributed by atoms with Gasteiger partial charge in [0.1, 0.15) is 22.0 Å². The van der Waals surface area contributed by atoms with Crippen molar-refractivity contribution in [2.45, 2.75) is 20.5 Å². The lowest BCUT2D eigenvalue weighted by Gasteiger charge is -2.07. The maximum atomic E-state index is 12.1. The first-order chi connectivity index (χ1) is 11.5. The number of anilines is 1. The van der Waals surface area contributed by atoms with Crippen LogP contribution in [0.3, 0.4) is 0 Å². The van der Waals surface area contributed by atoms with E-state index in [4.69, 9.17) is 15.2 Å². The van der Waals surface area contributed by atoms with Crippen molar-refractivity contribution in [3.63, 3.8) is 0 Å². The number of rotatable bonds is 7. The molecule has 0 aliphatic carbocycles. The Morgan fingerprint density at radius 2 is 1.96 bits per heavy atom. The standard InChI is InChI=1S/C16H20N2O5S/c1-4-6-7-8-11(19)23-9-10-12(16(21)22-5-2)14(17)24-13(10)15(20)18-3/h4,6-8H,5,9,17H2,1-3H3,(H,18,20)/b6-4+,8-7+. The van der Waals surface area contributed by atoms with E-state index < -0.39 is 17.8 Å². The summed E-state index contributed by atoms with van der Waals surface area (Å²) in [7, 11) is 1.46. The van der Waals surface area contributed by atoms with Gasteiger partial charge >= 0.3 is 11.9 Å². The predicted octanol–water partition coefficient (Wildman–Crippen LogP) is 2.04. The third-order valence-electron chi connectivity index (χ3n) is 2.84. The lowest BCUT2D eigenvalue weighted by molar-refractivity contribution is -0.139. The Morgan fingerprint density at radius 1 is 1.25 bits per heavy atom. The molecule has 7 nitrogen and oxygen atoms in total. The number of nitrogens with one attached hydrogen (secondary N) is 1. The van der Waals surface area contributed by atoms with Gasteiger partial charge in [0.2, 0.25) is 0 Å². The van der Waals surface area contributed by atoms with E-state index in [-0.39, 0.29) is 34.2 Å². The van der Waals surface area contributed by atoms with Crippen LogP contribution < -0.4 is 11.1 Å². The van der Waals surface area contributed by atoms with Crippen LogP contribution in [-0.4, -0.2) is 31.5 Å². The van der Waals surface area contributed by atoms with Gasteiger partial charge in [-0.3, -0.25) is 4.79 Å². The number of amides is 1. The maximum absolute atomic E-state index is 12.1. The molecule has 130 valence electrons. The summed E-state index contributed by atoms with van der Waals surface area (Å²) in [6, 6.07) is 0. The van der Waals surface area contributed by atoms with E-state index in [1.165, 1.54) is 19.2 Å². The van der Waals surface area contributed by atoms with Crippen molar-refractivity contribution in [3.8, 4) is 0 Å². The molecular formula is C16H20N2O5S. The van der Waals surface area contributed by atoms with Gasteiger partial charge in [-0.25, -0.2) is 9.59 Å². The number of carbonyl (C=O) groups excluding carboxylic acids is 3. The van der Waals surface area contributed by atoms with E-state index in [0.717, 1.165) is 11.3 Å². The van der Waals surface area contributed by atoms with E-state index in [0.29, 0.717) is 0 Å². The fourth-order valence-corrected chi connectivity index (χ4v) is 2.79. The van der Waals surface area contributed by atoms with Crippen molar-refractivity contribution in [2.24, 2.45) is 0 Å². The molecule has 3 N–H and O–H groups in total. The first-order valence-electron chi connectivity index (χ1n) is 7.22. The van der Waals surface area contributed by atoms with Crippen molar-refractivity contribution in [1.82, 2.24) is 5.32 Å². The molecule has 0 saturated carbocycles. The number of nitrogens with two attached hydrogens (primary N) is 1. The van der Waals surface area contributed by atoms with Crippen LogP contribution in [0.5, 0.6) is 0 Å². The lowest BCUT2D eigenvalue weighted by atomic mass is 10.1. The van der Waals surface area contributed by atoms with E-state index in [1.54, 1.807) is 19.1 Å². The summed E-state index contributed by atoms with van der Waals surface area (Å²) >= 11 is 0.945. The highest BCUT2D eigenvalue weighted by molar-refractivity contribution is 7.18. The van der Waals surface area contributed by atoms with Crippen LogP contribution in [0.2, 0.25) is 0 Å². The highest BCUT2D eigenvalue weighted by atomic mass is 32.1. The summed E-state index contributed by atoms with van der Waals surface area (Å²) in [6.45, 7) is 3.37. The van der Waals surface area contributed by atoms with Crippen LogP contribution in [0.1, 0.15) is 39.4 Å². The smallest absolute Gasteiger partial charge is 0.341 e. The van der Waals surface area contributed by atoms with Crippen molar-refractivity contribution in [1.29, 1.82) is 0 Å². The Kier molecular flexibility index (Phi) is 7.70. The molecule has 0 unspecified atom stereocenters. The summed E-state index contributed by atoms with van der Waals surface area (Å²) in [5, 5.41) is 2.60. The molecule has 0 radical (unpaired) electrons. The number of hydrogen-bond donors (Lipinski definition) is 2. The zero-order valence-corrected chi connectivity index (χ0v) is 14.6. The average Bonchev–Trinajstić information content (AvgIpc) is 2.89. The van der Waals surface area contributed by atoms with Crippen molar-refractivity contribution in [3.05, 3.63) is 40.3 Å². The molecule has 0 fully saturated rings. The SMILES string of the molecule is C/C=C/C=C/C(=O)OCc1c(C(=O)NC)sc(N)c1C(=O)OCC. The second-order valence-corrected chi connectivity index (χ2v) is 5.49. The van der Waals surface area contributed by atoms with Crippen molar-refractivity contribution >= 4 is 34.2 Å². The van der Waals surface area contributed by atoms with E-state index in [1.807, 2.05) is 6.92 Å². The summed E-state index contributed by atoms with van der Waals surface area (Å²) in [6.07, 6.45) is 6.19. The van der Waals surface area contributed by atoms with Gasteiger partial charge in [0.05, 0.1) is 6.61 Å². The summed E-state index contributed by atoms with van der Waals surface area (Å²) in [5.41, 5.74) is 6.14. The molecule has 0 spiro atoms. The minimum atomic E-state index is -0.656. The van der Waals surface area contributed by atoms with E-state index in [2.05, 4.69) is 5.32 Å². The molecule has 0 aliphatic rings. The van der Waals surface area contributed by atoms with Crippen LogP contribution in [0.25, 0.3) is 0 Å². The van der Waals surface area contributed by atoms with Crippen LogP contribution in [-0.2, 0) is 20.9 Å². The Labute approximate surface area is 144 Å². The minimum absolute atomic E-state index is 0.0608. The lowest BCUT2D eigenvalue weighted by Crippen LogP contribution is -2.19. The van der Waals surface area contributed by atoms with Gasteiger partial charge in [0.25, 0.3) is 5.91 Å². The topological polar surface area (TPSA) is 108 Å². The number of nitrogen functional groups attached to an aromatic ring is 1. The number of thiophene rings is 1. The number of allylic oxidation sites excluding steroid dienone is 3. The Morgan fingerprint density at radius 3 is 2.54 bits per heavy atom. The molecule has 0 bridgehead atoms. The molecule has 0 aliphatic heterocycles. The number of carbonyl (C=O) groups is 3. The first-order valence-corrected chi connectivity index (χ1v) is 8.04. The molecule has 1 rings (SSSR count). The Balaban J connectivity index is 3.10. The molecule has 1 aromatic rings. The quantitative estimate of drug-likeness (QED) is 0.442. The first kappa shape index (κ1) is 19.4. The van der Waals surface area contributed by atoms with Gasteiger partial charge in [0.15, 0.2) is 0 Å². The fourth-order valence-electron chi connectivity index (χ4n) is 1.78. The second kappa shape index (κ2) is 9.51. The van der Waals surface area contributed by atoms with Gasteiger partial charge in [-0.1, -0.05) is 18.2 Å². The van der Waals surface area contributed by atoms with Gasteiger partial charge in [-0.05, 0) is 13.8 Å². The normalized spacial score (nSPS) is 11.0.